The molecule has 2 aromatic carbocycles. The molecule has 0 aliphatic heterocycles. The average molecular weight is 776 g/mol. The number of hydrogen-bond donors (Lipinski definition) is 4. The number of aromatic nitrogens is 3. The van der Waals surface area contributed by atoms with Gasteiger partial charge in [-0.25, -0.2) is 19.7 Å². The number of hydrogen-bond acceptors (Lipinski definition) is 10. The van der Waals surface area contributed by atoms with E-state index in [0.29, 0.717) is 28.5 Å². The first-order valence-electron chi connectivity index (χ1n) is 16.3. The fraction of sp³-hybridized carbons (Fsp3) is 0.333. The zero-order valence-corrected chi connectivity index (χ0v) is 29.3. The summed E-state index contributed by atoms with van der Waals surface area (Å²) in [6.07, 6.45) is 4.65. The highest BCUT2D eigenvalue weighted by atomic mass is 32.1. The predicted molar refractivity (Wildman–Crippen MR) is 185 cm³/mol. The summed E-state index contributed by atoms with van der Waals surface area (Å²) in [7, 11) is 0. The van der Waals surface area contributed by atoms with Gasteiger partial charge in [0.25, 0.3) is 11.8 Å². The molecule has 2 heterocycles. The third-order valence-electron chi connectivity index (χ3n) is 7.57. The van der Waals surface area contributed by atoms with E-state index in [1.165, 1.54) is 49.0 Å². The largest absolute Gasteiger partial charge is 0.522 e. The number of nitrogens with zero attached hydrogens (tertiary/aromatic N) is 3. The number of amides is 2. The maximum atomic E-state index is 12.7. The molecule has 54 heavy (non-hydrogen) atoms. The van der Waals surface area contributed by atoms with E-state index in [2.05, 4.69) is 46.9 Å². The lowest BCUT2D eigenvalue weighted by Crippen LogP contribution is -2.38. The molecule has 1 fully saturated rings. The second kappa shape index (κ2) is 19.5. The van der Waals surface area contributed by atoms with E-state index in [1.807, 2.05) is 6.92 Å². The van der Waals surface area contributed by atoms with E-state index >= 15 is 0 Å². The van der Waals surface area contributed by atoms with Gasteiger partial charge in [0.2, 0.25) is 0 Å². The number of benzene rings is 2. The number of carboxylic acid groups (broad SMARTS) is 1. The van der Waals surface area contributed by atoms with Gasteiger partial charge in [0.05, 0.1) is 47.2 Å². The first-order chi connectivity index (χ1) is 25.7. The molecule has 1 saturated carbocycles. The number of aromatic carboxylic acids is 1. The van der Waals surface area contributed by atoms with Gasteiger partial charge in [0, 0.05) is 30.1 Å². The van der Waals surface area contributed by atoms with Crippen LogP contribution in [0.5, 0.6) is 5.75 Å². The maximum absolute atomic E-state index is 12.7. The van der Waals surface area contributed by atoms with E-state index < -0.39 is 44.1 Å². The van der Waals surface area contributed by atoms with Crippen molar-refractivity contribution in [3.63, 3.8) is 0 Å². The van der Waals surface area contributed by atoms with Gasteiger partial charge < -0.3 is 25.6 Å². The summed E-state index contributed by atoms with van der Waals surface area (Å²) in [5.74, 6) is 3.60. The van der Waals surface area contributed by atoms with Crippen molar-refractivity contribution in [2.75, 3.05) is 18.5 Å². The van der Waals surface area contributed by atoms with Crippen LogP contribution in [0.15, 0.2) is 61.3 Å². The number of halogens is 5. The molecule has 2 aromatic heterocycles. The van der Waals surface area contributed by atoms with E-state index in [0.717, 1.165) is 35.2 Å². The summed E-state index contributed by atoms with van der Waals surface area (Å²) < 4.78 is 69.0. The molecule has 5 rings (SSSR count). The Labute approximate surface area is 309 Å². The predicted octanol–water partition coefficient (Wildman–Crippen LogP) is 6.10. The molecular formula is C36H34F5N5O7S. The number of thiazole rings is 1. The zero-order chi connectivity index (χ0) is 39.3. The SMILES string of the molecule is CCc1ccc(C(=O)NC(CO)CCOC(F)(F)F)cc1NC(=O)c1cnc(CC2CC2)s1.O=C(O)c1ccc(OC(F)F)c(C#Cc2cncnc2)c1. The number of carboxylic acids is 1. The van der Waals surface area contributed by atoms with Crippen molar-refractivity contribution in [2.45, 2.75) is 58.0 Å². The van der Waals surface area contributed by atoms with Crippen molar-refractivity contribution >= 4 is 34.8 Å². The van der Waals surface area contributed by atoms with Gasteiger partial charge in [-0.15, -0.1) is 24.5 Å². The quantitative estimate of drug-likeness (QED) is 0.0866. The topological polar surface area (TPSA) is 173 Å². The monoisotopic (exact) mass is 775 g/mol. The van der Waals surface area contributed by atoms with Gasteiger partial charge in [-0.2, -0.15) is 8.78 Å². The van der Waals surface area contributed by atoms with Crippen LogP contribution < -0.4 is 15.4 Å². The molecule has 2 amide bonds. The number of aliphatic hydroxyl groups is 1. The van der Waals surface area contributed by atoms with Crippen LogP contribution in [0.25, 0.3) is 0 Å². The van der Waals surface area contributed by atoms with Crippen molar-refractivity contribution < 1.29 is 56.0 Å². The molecule has 0 saturated heterocycles. The number of nitrogens with one attached hydrogen (secondary N) is 2. The molecule has 4 aromatic rings. The highest BCUT2D eigenvalue weighted by Gasteiger charge is 2.29. The van der Waals surface area contributed by atoms with Crippen LogP contribution in [0, 0.1) is 17.8 Å². The van der Waals surface area contributed by atoms with Gasteiger partial charge in [0.1, 0.15) is 17.0 Å². The number of ether oxygens (including phenoxy) is 2. The van der Waals surface area contributed by atoms with Crippen LogP contribution in [0.4, 0.5) is 27.6 Å². The van der Waals surface area contributed by atoms with Gasteiger partial charge in [-0.3, -0.25) is 14.3 Å². The minimum Gasteiger partial charge on any atom is -0.478 e. The summed E-state index contributed by atoms with van der Waals surface area (Å²) in [6, 6.07) is 7.33. The molecule has 1 atom stereocenters. The molecule has 18 heteroatoms. The Bertz CT molecular complexity index is 1960. The fourth-order valence-corrected chi connectivity index (χ4v) is 5.59. The number of anilines is 1. The Balaban J connectivity index is 0.000000266. The number of aliphatic hydroxyl groups excluding tert-OH is 1. The summed E-state index contributed by atoms with van der Waals surface area (Å²) in [5, 5.41) is 24.5. The van der Waals surface area contributed by atoms with Crippen LogP contribution in [-0.4, -0.2) is 75.2 Å². The molecule has 0 radical (unpaired) electrons. The summed E-state index contributed by atoms with van der Waals surface area (Å²) >= 11 is 1.35. The number of carbonyl (C=O) groups is 3. The van der Waals surface area contributed by atoms with Gasteiger partial charge in [-0.05, 0) is 67.5 Å². The first kappa shape index (κ1) is 41.2. The Morgan fingerprint density at radius 1 is 1.02 bits per heavy atom. The fourth-order valence-electron chi connectivity index (χ4n) is 4.66. The van der Waals surface area contributed by atoms with Crippen LogP contribution in [0.3, 0.4) is 0 Å². The molecule has 12 nitrogen and oxygen atoms in total. The number of alkyl halides is 5. The van der Waals surface area contributed by atoms with Crippen molar-refractivity contribution in [2.24, 2.45) is 5.92 Å². The van der Waals surface area contributed by atoms with Crippen LogP contribution in [-0.2, 0) is 17.6 Å². The zero-order valence-electron chi connectivity index (χ0n) is 28.5. The van der Waals surface area contributed by atoms with E-state index in [-0.39, 0.29) is 34.8 Å². The molecule has 0 bridgehead atoms. The highest BCUT2D eigenvalue weighted by Crippen LogP contribution is 2.34. The molecular weight excluding hydrogens is 741 g/mol. The highest BCUT2D eigenvalue weighted by molar-refractivity contribution is 7.13. The Kier molecular flexibility index (Phi) is 14.9. The van der Waals surface area contributed by atoms with E-state index in [9.17, 15) is 41.4 Å². The van der Waals surface area contributed by atoms with Gasteiger partial charge >= 0.3 is 18.9 Å². The maximum Gasteiger partial charge on any atom is 0.522 e. The van der Waals surface area contributed by atoms with Crippen LogP contribution in [0.2, 0.25) is 0 Å². The third-order valence-corrected chi connectivity index (χ3v) is 8.59. The number of rotatable bonds is 14. The van der Waals surface area contributed by atoms with Crippen molar-refractivity contribution in [1.82, 2.24) is 20.3 Å². The van der Waals surface area contributed by atoms with Crippen molar-refractivity contribution in [3.05, 3.63) is 99.0 Å². The van der Waals surface area contributed by atoms with Crippen molar-refractivity contribution in [3.8, 4) is 17.6 Å². The van der Waals surface area contributed by atoms with Gasteiger partial charge in [-0.1, -0.05) is 24.8 Å². The minimum atomic E-state index is -4.77. The third kappa shape index (κ3) is 13.5. The smallest absolute Gasteiger partial charge is 0.478 e. The van der Waals surface area contributed by atoms with Crippen LogP contribution >= 0.6 is 11.3 Å². The Morgan fingerprint density at radius 2 is 1.74 bits per heavy atom. The van der Waals surface area contributed by atoms with Crippen molar-refractivity contribution in [1.29, 1.82) is 0 Å². The normalized spacial score (nSPS) is 12.8. The summed E-state index contributed by atoms with van der Waals surface area (Å²) in [5.41, 5.74) is 1.91. The summed E-state index contributed by atoms with van der Waals surface area (Å²) in [4.78, 5) is 48.5. The average Bonchev–Trinajstić information content (AvgIpc) is 3.83. The second-order valence-corrected chi connectivity index (χ2v) is 12.8. The number of aryl methyl sites for hydroxylation is 1. The molecule has 1 aliphatic rings. The van der Waals surface area contributed by atoms with Crippen LogP contribution in [0.1, 0.15) is 78.3 Å². The molecule has 1 aliphatic carbocycles. The van der Waals surface area contributed by atoms with E-state index in [4.69, 9.17) is 5.11 Å². The van der Waals surface area contributed by atoms with E-state index in [1.54, 1.807) is 18.3 Å². The molecule has 4 N–H and O–H groups in total. The molecule has 0 spiro atoms. The standard InChI is InChI=1S/C22H26F3N3O4S.C14H8F2N2O3/c1-2-14-5-6-15(20(30)27-16(12-29)7-8-32-22(23,24)25)10-17(14)28-21(31)18-11-26-19(33-18)9-13-3-4-13;15-14(16)21-12-4-3-11(13(19)20)5-10(12)2-1-9-6-17-8-18-7-9/h5-6,10-11,13,16,29H,2-4,7-9,12H2,1H3,(H,27,30)(H,28,31);3-8,14H,(H,19,20). The lowest BCUT2D eigenvalue weighted by atomic mass is 10.1. The number of carbonyl (C=O) groups excluding carboxylic acids is 2. The van der Waals surface area contributed by atoms with Gasteiger partial charge in [0.15, 0.2) is 0 Å². The Morgan fingerprint density at radius 3 is 2.37 bits per heavy atom. The Hall–Kier alpha value is -5.51. The first-order valence-corrected chi connectivity index (χ1v) is 17.2. The second-order valence-electron chi connectivity index (χ2n) is 11.7. The lowest BCUT2D eigenvalue weighted by Gasteiger charge is -2.18. The summed E-state index contributed by atoms with van der Waals surface area (Å²) in [6.45, 7) is -2.35. The molecule has 1 unspecified atom stereocenters. The lowest BCUT2D eigenvalue weighted by molar-refractivity contribution is -0.325. The molecule has 286 valence electrons. The minimum absolute atomic E-state index is 0.0408.